The van der Waals surface area contributed by atoms with Gasteiger partial charge in [-0.2, -0.15) is 0 Å². The summed E-state index contributed by atoms with van der Waals surface area (Å²) in [6, 6.07) is 8.14. The number of aliphatic hydroxyl groups excluding tert-OH is 1. The number of fused-ring (bicyclic) bond motifs is 1. The average Bonchev–Trinajstić information content (AvgIpc) is 2.94. The van der Waals surface area contributed by atoms with Crippen molar-refractivity contribution in [3.05, 3.63) is 47.9 Å². The molecule has 0 aliphatic heterocycles. The number of nitrogens with zero attached hydrogens (tertiary/aromatic N) is 4. The summed E-state index contributed by atoms with van der Waals surface area (Å²) >= 11 is 0. The quantitative estimate of drug-likeness (QED) is 0.803. The van der Waals surface area contributed by atoms with Gasteiger partial charge in [-0.15, -0.1) is 0 Å². The summed E-state index contributed by atoms with van der Waals surface area (Å²) in [4.78, 5) is 10.9. The number of aryl methyl sites for hydroxylation is 2. The van der Waals surface area contributed by atoms with E-state index in [2.05, 4.69) is 33.9 Å². The van der Waals surface area contributed by atoms with Crippen molar-refractivity contribution in [3.8, 4) is 0 Å². The van der Waals surface area contributed by atoms with Crippen molar-refractivity contribution >= 4 is 22.5 Å². The molecule has 1 N–H and O–H groups in total. The summed E-state index contributed by atoms with van der Waals surface area (Å²) in [5.74, 6) is 0.876. The van der Waals surface area contributed by atoms with Crippen molar-refractivity contribution in [2.24, 2.45) is 7.05 Å². The highest BCUT2D eigenvalue weighted by Crippen LogP contribution is 2.30. The molecule has 120 valence electrons. The highest BCUT2D eigenvalue weighted by molar-refractivity contribution is 5.79. The first-order valence-electron chi connectivity index (χ1n) is 7.83. The fraction of sp³-hybridized carbons (Fsp3) is 0.333. The van der Waals surface area contributed by atoms with Gasteiger partial charge >= 0.3 is 0 Å². The lowest BCUT2D eigenvalue weighted by molar-refractivity contribution is 0.199. The Morgan fingerprint density at radius 1 is 1.26 bits per heavy atom. The van der Waals surface area contributed by atoms with Crippen LogP contribution in [0.25, 0.3) is 11.0 Å². The van der Waals surface area contributed by atoms with Gasteiger partial charge in [-0.25, -0.2) is 9.97 Å². The third-order valence-corrected chi connectivity index (χ3v) is 4.27. The van der Waals surface area contributed by atoms with Crippen molar-refractivity contribution in [1.82, 2.24) is 14.5 Å². The van der Waals surface area contributed by atoms with E-state index in [1.807, 2.05) is 30.8 Å². The Labute approximate surface area is 136 Å². The minimum Gasteiger partial charge on any atom is -0.389 e. The predicted molar refractivity (Wildman–Crippen MR) is 93.0 cm³/mol. The molecule has 2 aromatic heterocycles. The lowest BCUT2D eigenvalue weighted by Crippen LogP contribution is -2.13. The molecule has 0 fully saturated rings. The van der Waals surface area contributed by atoms with E-state index < -0.39 is 6.10 Å². The molecule has 0 aliphatic carbocycles. The molecule has 0 aliphatic rings. The van der Waals surface area contributed by atoms with Gasteiger partial charge in [0.2, 0.25) is 0 Å². The lowest BCUT2D eigenvalue weighted by Gasteiger charge is -2.22. The van der Waals surface area contributed by atoms with Crippen molar-refractivity contribution < 1.29 is 5.11 Å². The van der Waals surface area contributed by atoms with Crippen LogP contribution in [0.3, 0.4) is 0 Å². The standard InChI is InChI=1S/C18H22N4O/c1-5-13-8-14(12(2)23)6-7-16(13)22(4)18-9-17-15(10-19-18)20-11-21(17)3/h6-12,23H,5H2,1-4H3. The first-order chi connectivity index (χ1) is 11.0. The lowest BCUT2D eigenvalue weighted by atomic mass is 10.0. The van der Waals surface area contributed by atoms with Gasteiger partial charge in [0, 0.05) is 25.8 Å². The topological polar surface area (TPSA) is 54.2 Å². The van der Waals surface area contributed by atoms with Crippen LogP contribution in [0.2, 0.25) is 0 Å². The number of imidazole rings is 1. The summed E-state index contributed by atoms with van der Waals surface area (Å²) in [5, 5.41) is 9.78. The van der Waals surface area contributed by atoms with Crippen LogP contribution in [-0.4, -0.2) is 26.7 Å². The van der Waals surface area contributed by atoms with Crippen molar-refractivity contribution in [3.63, 3.8) is 0 Å². The van der Waals surface area contributed by atoms with Crippen LogP contribution in [0.15, 0.2) is 36.8 Å². The van der Waals surface area contributed by atoms with Gasteiger partial charge in [0.15, 0.2) is 0 Å². The molecule has 0 saturated carbocycles. The zero-order valence-corrected chi connectivity index (χ0v) is 14.0. The van der Waals surface area contributed by atoms with Gasteiger partial charge in [-0.1, -0.05) is 19.1 Å². The van der Waals surface area contributed by atoms with Gasteiger partial charge < -0.3 is 14.6 Å². The number of aliphatic hydroxyl groups is 1. The number of aromatic nitrogens is 3. The average molecular weight is 310 g/mol. The van der Waals surface area contributed by atoms with Crippen LogP contribution >= 0.6 is 0 Å². The van der Waals surface area contributed by atoms with Crippen molar-refractivity contribution in [1.29, 1.82) is 0 Å². The molecule has 1 aromatic carbocycles. The van der Waals surface area contributed by atoms with Crippen LogP contribution < -0.4 is 4.90 Å². The van der Waals surface area contributed by atoms with E-state index in [1.54, 1.807) is 19.4 Å². The molecular weight excluding hydrogens is 288 g/mol. The molecule has 23 heavy (non-hydrogen) atoms. The van der Waals surface area contributed by atoms with E-state index in [9.17, 15) is 5.11 Å². The smallest absolute Gasteiger partial charge is 0.134 e. The number of benzene rings is 1. The summed E-state index contributed by atoms with van der Waals surface area (Å²) in [5.41, 5.74) is 5.18. The van der Waals surface area contributed by atoms with E-state index in [-0.39, 0.29) is 0 Å². The Hall–Kier alpha value is -2.40. The number of rotatable bonds is 4. The maximum atomic E-state index is 9.78. The Balaban J connectivity index is 2.03. The Morgan fingerprint density at radius 2 is 2.04 bits per heavy atom. The minimum absolute atomic E-state index is 0.455. The first-order valence-corrected chi connectivity index (χ1v) is 7.83. The van der Waals surface area contributed by atoms with Crippen LogP contribution in [0, 0.1) is 0 Å². The fourth-order valence-electron chi connectivity index (χ4n) is 2.80. The summed E-state index contributed by atoms with van der Waals surface area (Å²) in [7, 11) is 4.00. The molecule has 0 amide bonds. The third kappa shape index (κ3) is 2.80. The molecule has 2 heterocycles. The largest absolute Gasteiger partial charge is 0.389 e. The minimum atomic E-state index is -0.455. The number of hydrogen-bond donors (Lipinski definition) is 1. The highest BCUT2D eigenvalue weighted by atomic mass is 16.3. The maximum absolute atomic E-state index is 9.78. The predicted octanol–water partition coefficient (Wildman–Crippen LogP) is 3.35. The molecule has 0 saturated heterocycles. The van der Waals surface area contributed by atoms with Crippen LogP contribution in [0.4, 0.5) is 11.5 Å². The molecule has 0 spiro atoms. The van der Waals surface area contributed by atoms with E-state index in [4.69, 9.17) is 0 Å². The van der Waals surface area contributed by atoms with E-state index >= 15 is 0 Å². The zero-order valence-electron chi connectivity index (χ0n) is 14.0. The summed E-state index contributed by atoms with van der Waals surface area (Å²) in [6.45, 7) is 3.91. The van der Waals surface area contributed by atoms with Gasteiger partial charge in [0.25, 0.3) is 0 Å². The molecule has 5 nitrogen and oxygen atoms in total. The second kappa shape index (κ2) is 6.01. The van der Waals surface area contributed by atoms with Gasteiger partial charge in [-0.3, -0.25) is 0 Å². The molecule has 1 atom stereocenters. The summed E-state index contributed by atoms with van der Waals surface area (Å²) < 4.78 is 1.99. The maximum Gasteiger partial charge on any atom is 0.134 e. The van der Waals surface area contributed by atoms with Crippen LogP contribution in [-0.2, 0) is 13.5 Å². The Kier molecular flexibility index (Phi) is 4.05. The Morgan fingerprint density at radius 3 is 2.74 bits per heavy atom. The van der Waals surface area contributed by atoms with Gasteiger partial charge in [-0.05, 0) is 30.5 Å². The van der Waals surface area contributed by atoms with Crippen molar-refractivity contribution in [2.45, 2.75) is 26.4 Å². The molecular formula is C18H22N4O. The second-order valence-corrected chi connectivity index (χ2v) is 5.86. The zero-order chi connectivity index (χ0) is 16.6. The van der Waals surface area contributed by atoms with Crippen LogP contribution in [0.1, 0.15) is 31.1 Å². The summed E-state index contributed by atoms with van der Waals surface area (Å²) in [6.07, 6.45) is 4.04. The van der Waals surface area contributed by atoms with Gasteiger partial charge in [0.05, 0.1) is 24.1 Å². The second-order valence-electron chi connectivity index (χ2n) is 5.86. The molecule has 5 heteroatoms. The monoisotopic (exact) mass is 310 g/mol. The normalized spacial score (nSPS) is 12.6. The molecule has 3 rings (SSSR count). The number of anilines is 2. The first kappa shape index (κ1) is 15.5. The van der Waals surface area contributed by atoms with E-state index in [0.29, 0.717) is 0 Å². The third-order valence-electron chi connectivity index (χ3n) is 4.27. The van der Waals surface area contributed by atoms with Crippen molar-refractivity contribution in [2.75, 3.05) is 11.9 Å². The molecule has 0 bridgehead atoms. The molecule has 3 aromatic rings. The molecule has 0 radical (unpaired) electrons. The van der Waals surface area contributed by atoms with Gasteiger partial charge in [0.1, 0.15) is 11.3 Å². The van der Waals surface area contributed by atoms with E-state index in [0.717, 1.165) is 34.5 Å². The fourth-order valence-corrected chi connectivity index (χ4v) is 2.80. The number of pyridine rings is 1. The molecule has 1 unspecified atom stereocenters. The highest BCUT2D eigenvalue weighted by Gasteiger charge is 2.13. The van der Waals surface area contributed by atoms with E-state index in [1.165, 1.54) is 5.56 Å². The number of hydrogen-bond acceptors (Lipinski definition) is 4. The van der Waals surface area contributed by atoms with Crippen LogP contribution in [0.5, 0.6) is 0 Å². The Bertz CT molecular complexity index is 838. The SMILES string of the molecule is CCc1cc(C(C)O)ccc1N(C)c1cc2c(cn1)ncn2C.